The lowest BCUT2D eigenvalue weighted by Gasteiger charge is -2.45. The van der Waals surface area contributed by atoms with E-state index < -0.39 is 5.97 Å². The molecule has 0 radical (unpaired) electrons. The van der Waals surface area contributed by atoms with Gasteiger partial charge in [-0.25, -0.2) is 4.79 Å². The second-order valence-electron chi connectivity index (χ2n) is 8.59. The van der Waals surface area contributed by atoms with Crippen molar-refractivity contribution in [2.45, 2.75) is 70.9 Å². The number of piperidine rings is 1. The van der Waals surface area contributed by atoms with Crippen molar-refractivity contribution in [3.63, 3.8) is 0 Å². The minimum Gasteiger partial charge on any atom is -0.480 e. The Morgan fingerprint density at radius 2 is 1.81 bits per heavy atom. The quantitative estimate of drug-likeness (QED) is 0.759. The van der Waals surface area contributed by atoms with Crippen LogP contribution in [0, 0.1) is 17.8 Å². The van der Waals surface area contributed by atoms with Crippen molar-refractivity contribution < 1.29 is 14.7 Å². The lowest BCUT2D eigenvalue weighted by atomic mass is 9.63. The molecule has 3 aliphatic carbocycles. The molecule has 0 aromatic rings. The molecule has 0 aromatic carbocycles. The summed E-state index contributed by atoms with van der Waals surface area (Å²) in [6.45, 7) is 6.45. The number of carboxylic acid groups (broad SMARTS) is 1. The van der Waals surface area contributed by atoms with E-state index in [0.29, 0.717) is 5.92 Å². The number of hydrogen-bond acceptors (Lipinski definition) is 3. The summed E-state index contributed by atoms with van der Waals surface area (Å²) in [4.78, 5) is 27.6. The third-order valence-corrected chi connectivity index (χ3v) is 7.11. The van der Waals surface area contributed by atoms with E-state index in [9.17, 15) is 9.59 Å². The smallest absolute Gasteiger partial charge is 0.317 e. The summed E-state index contributed by atoms with van der Waals surface area (Å²) in [5.74, 6) is 1.56. The lowest BCUT2D eigenvalue weighted by Crippen LogP contribution is -2.53. The molecule has 1 aliphatic heterocycles. The first-order valence-corrected chi connectivity index (χ1v) is 10.5. The molecule has 3 saturated carbocycles. The van der Waals surface area contributed by atoms with Crippen LogP contribution in [0.4, 0.5) is 4.79 Å². The van der Waals surface area contributed by atoms with Gasteiger partial charge in [-0.1, -0.05) is 19.8 Å². The highest BCUT2D eigenvalue weighted by Gasteiger charge is 2.39. The van der Waals surface area contributed by atoms with Crippen molar-refractivity contribution in [2.75, 3.05) is 26.2 Å². The van der Waals surface area contributed by atoms with Crippen molar-refractivity contribution in [1.82, 2.24) is 15.1 Å². The number of likely N-dealkylation sites (N-methyl/N-ethyl adjacent to an activating group) is 1. The van der Waals surface area contributed by atoms with E-state index in [4.69, 9.17) is 5.11 Å². The zero-order valence-corrected chi connectivity index (χ0v) is 16.3. The van der Waals surface area contributed by atoms with Gasteiger partial charge in [-0.15, -0.1) is 0 Å². The van der Waals surface area contributed by atoms with Crippen molar-refractivity contribution in [3.8, 4) is 0 Å². The number of amides is 2. The fourth-order valence-electron chi connectivity index (χ4n) is 5.54. The number of hydrogen-bond donors (Lipinski definition) is 2. The van der Waals surface area contributed by atoms with Crippen LogP contribution in [0.2, 0.25) is 0 Å². The molecule has 2 atom stereocenters. The fourth-order valence-corrected chi connectivity index (χ4v) is 5.54. The van der Waals surface area contributed by atoms with Gasteiger partial charge in [0.1, 0.15) is 0 Å². The second kappa shape index (κ2) is 8.59. The zero-order chi connectivity index (χ0) is 18.7. The first-order chi connectivity index (χ1) is 12.5. The Morgan fingerprint density at radius 3 is 2.31 bits per heavy atom. The van der Waals surface area contributed by atoms with E-state index >= 15 is 0 Å². The van der Waals surface area contributed by atoms with Crippen LogP contribution < -0.4 is 5.32 Å². The van der Waals surface area contributed by atoms with Crippen LogP contribution in [-0.4, -0.2) is 65.2 Å². The molecule has 4 aliphatic rings. The number of fused-ring (bicyclic) bond motifs is 3. The molecule has 4 rings (SSSR count). The van der Waals surface area contributed by atoms with Gasteiger partial charge in [0.25, 0.3) is 0 Å². The standard InChI is InChI=1S/C20H35N3O3/c1-3-22(13-19(24)25)17-8-10-23(11-9-17)20(26)21-14(2)18-12-15-4-6-16(18)7-5-15/h14-18H,3-13H2,1-2H3,(H,21,26)(H,24,25). The third-order valence-electron chi connectivity index (χ3n) is 7.11. The fraction of sp³-hybridized carbons (Fsp3) is 0.900. The van der Waals surface area contributed by atoms with E-state index in [1.54, 1.807) is 0 Å². The molecule has 2 N–H and O–H groups in total. The molecule has 2 bridgehead atoms. The van der Waals surface area contributed by atoms with E-state index in [-0.39, 0.29) is 24.7 Å². The first-order valence-electron chi connectivity index (χ1n) is 10.5. The highest BCUT2D eigenvalue weighted by Crippen LogP contribution is 2.46. The number of carbonyl (C=O) groups is 2. The van der Waals surface area contributed by atoms with Crippen LogP contribution in [0.1, 0.15) is 58.8 Å². The van der Waals surface area contributed by atoms with Gasteiger partial charge in [-0.2, -0.15) is 0 Å². The van der Waals surface area contributed by atoms with Crippen molar-refractivity contribution in [2.24, 2.45) is 17.8 Å². The molecule has 1 heterocycles. The predicted molar refractivity (Wildman–Crippen MR) is 101 cm³/mol. The minimum absolute atomic E-state index is 0.0682. The number of likely N-dealkylation sites (tertiary alicyclic amines) is 1. The lowest BCUT2D eigenvalue weighted by molar-refractivity contribution is -0.139. The Labute approximate surface area is 157 Å². The average molecular weight is 366 g/mol. The molecule has 2 unspecified atom stereocenters. The van der Waals surface area contributed by atoms with Gasteiger partial charge in [0.05, 0.1) is 6.54 Å². The Kier molecular flexibility index (Phi) is 6.43. The number of rotatable bonds is 6. The maximum Gasteiger partial charge on any atom is 0.317 e. The van der Waals surface area contributed by atoms with E-state index in [2.05, 4.69) is 12.2 Å². The molecule has 26 heavy (non-hydrogen) atoms. The predicted octanol–water partition coefficient (Wildman–Crippen LogP) is 2.78. The van der Waals surface area contributed by atoms with Crippen LogP contribution in [-0.2, 0) is 4.79 Å². The molecule has 6 nitrogen and oxygen atoms in total. The van der Waals surface area contributed by atoms with Crippen LogP contribution in [0.5, 0.6) is 0 Å². The summed E-state index contributed by atoms with van der Waals surface area (Å²) >= 11 is 0. The first kappa shape index (κ1) is 19.5. The van der Waals surface area contributed by atoms with Gasteiger partial charge < -0.3 is 15.3 Å². The number of aliphatic carboxylic acids is 1. The summed E-state index contributed by atoms with van der Waals surface area (Å²) < 4.78 is 0. The van der Waals surface area contributed by atoms with Gasteiger partial charge >= 0.3 is 12.0 Å². The summed E-state index contributed by atoms with van der Waals surface area (Å²) in [5, 5.41) is 12.3. The Bertz CT molecular complexity index is 497. The molecule has 6 heteroatoms. The van der Waals surface area contributed by atoms with Crippen molar-refractivity contribution in [1.29, 1.82) is 0 Å². The number of nitrogens with one attached hydrogen (secondary N) is 1. The molecule has 2 amide bonds. The molecular weight excluding hydrogens is 330 g/mol. The number of carboxylic acids is 1. The number of nitrogens with zero attached hydrogens (tertiary/aromatic N) is 2. The van der Waals surface area contributed by atoms with Gasteiger partial charge in [0.15, 0.2) is 0 Å². The van der Waals surface area contributed by atoms with Gasteiger partial charge in [0, 0.05) is 25.2 Å². The molecule has 0 spiro atoms. The Hall–Kier alpha value is -1.30. The Balaban J connectivity index is 1.45. The van der Waals surface area contributed by atoms with Crippen molar-refractivity contribution in [3.05, 3.63) is 0 Å². The number of carbonyl (C=O) groups excluding carboxylic acids is 1. The van der Waals surface area contributed by atoms with Gasteiger partial charge in [0.2, 0.25) is 0 Å². The summed E-state index contributed by atoms with van der Waals surface area (Å²) in [6, 6.07) is 0.595. The second-order valence-corrected chi connectivity index (χ2v) is 8.59. The monoisotopic (exact) mass is 365 g/mol. The SMILES string of the molecule is CCN(CC(=O)O)C1CCN(C(=O)NC(C)C2CC3CCC2CC3)CC1. The van der Waals surface area contributed by atoms with Crippen LogP contribution in [0.25, 0.3) is 0 Å². The summed E-state index contributed by atoms with van der Waals surface area (Å²) in [6.07, 6.45) is 8.47. The minimum atomic E-state index is -0.775. The molecule has 1 saturated heterocycles. The highest BCUT2D eigenvalue weighted by molar-refractivity contribution is 5.74. The number of urea groups is 1. The topological polar surface area (TPSA) is 72.9 Å². The van der Waals surface area contributed by atoms with Crippen LogP contribution in [0.3, 0.4) is 0 Å². The molecule has 148 valence electrons. The highest BCUT2D eigenvalue weighted by atomic mass is 16.4. The molecule has 4 fully saturated rings. The summed E-state index contributed by atoms with van der Waals surface area (Å²) in [5.41, 5.74) is 0. The average Bonchev–Trinajstić information content (AvgIpc) is 2.67. The van der Waals surface area contributed by atoms with Gasteiger partial charge in [-0.3, -0.25) is 9.69 Å². The molecule has 0 aromatic heterocycles. The maximum atomic E-state index is 12.7. The van der Waals surface area contributed by atoms with E-state index in [1.807, 2.05) is 16.7 Å². The Morgan fingerprint density at radius 1 is 1.15 bits per heavy atom. The maximum absolute atomic E-state index is 12.7. The van der Waals surface area contributed by atoms with Gasteiger partial charge in [-0.05, 0) is 63.3 Å². The normalized spacial score (nSPS) is 30.4. The molecular formula is C20H35N3O3. The zero-order valence-electron chi connectivity index (χ0n) is 16.3. The summed E-state index contributed by atoms with van der Waals surface area (Å²) in [7, 11) is 0. The van der Waals surface area contributed by atoms with Crippen LogP contribution in [0.15, 0.2) is 0 Å². The van der Waals surface area contributed by atoms with Crippen LogP contribution >= 0.6 is 0 Å². The third kappa shape index (κ3) is 4.51. The van der Waals surface area contributed by atoms with E-state index in [0.717, 1.165) is 44.3 Å². The largest absolute Gasteiger partial charge is 0.480 e. The van der Waals surface area contributed by atoms with Crippen molar-refractivity contribution >= 4 is 12.0 Å². The van der Waals surface area contributed by atoms with E-state index in [1.165, 1.54) is 32.1 Å².